The lowest BCUT2D eigenvalue weighted by molar-refractivity contribution is 0.429. The fourth-order valence-corrected chi connectivity index (χ4v) is 0.562. The number of nitrogens with zero attached hydrogens (tertiary/aromatic N) is 1. The fourth-order valence-electron chi connectivity index (χ4n) is 0.409. The van der Waals surface area contributed by atoms with Crippen molar-refractivity contribution in [3.8, 4) is 5.75 Å². The first-order valence-electron chi connectivity index (χ1n) is 2.20. The van der Waals surface area contributed by atoms with Gasteiger partial charge in [0.25, 0.3) is 0 Å². The molecule has 0 fully saturated rings. The average molecular weight is 148 g/mol. The monoisotopic (exact) mass is 147 g/mol. The van der Waals surface area contributed by atoms with Crippen molar-refractivity contribution in [1.82, 2.24) is 4.98 Å². The van der Waals surface area contributed by atoms with Crippen LogP contribution in [0.4, 0.5) is 4.39 Å². The molecule has 0 bridgehead atoms. The van der Waals surface area contributed by atoms with Gasteiger partial charge in [0, 0.05) is 6.20 Å². The van der Waals surface area contributed by atoms with Crippen LogP contribution >= 0.6 is 11.6 Å². The molecule has 0 aromatic carbocycles. The van der Waals surface area contributed by atoms with E-state index >= 15 is 0 Å². The van der Waals surface area contributed by atoms with Crippen molar-refractivity contribution in [2.75, 3.05) is 0 Å². The molecule has 0 spiro atoms. The average Bonchev–Trinajstić information content (AvgIpc) is 1.83. The predicted molar refractivity (Wildman–Crippen MR) is 30.9 cm³/mol. The topological polar surface area (TPSA) is 33.1 Å². The smallest absolute Gasteiger partial charge is 0.186 e. The highest BCUT2D eigenvalue weighted by molar-refractivity contribution is 6.30. The van der Waals surface area contributed by atoms with Crippen LogP contribution in [0.3, 0.4) is 0 Å². The minimum absolute atomic E-state index is 0.171. The lowest BCUT2D eigenvalue weighted by Gasteiger charge is -1.92. The molecule has 1 heterocycles. The van der Waals surface area contributed by atoms with E-state index in [4.69, 9.17) is 16.7 Å². The summed E-state index contributed by atoms with van der Waals surface area (Å²) in [6.45, 7) is 0. The number of aromatic hydroxyl groups is 1. The van der Waals surface area contributed by atoms with Gasteiger partial charge in [-0.15, -0.1) is 0 Å². The van der Waals surface area contributed by atoms with Gasteiger partial charge in [-0.2, -0.15) is 0 Å². The molecule has 0 aliphatic carbocycles. The van der Waals surface area contributed by atoms with E-state index in [1.807, 2.05) is 0 Å². The standard InChI is InChI=1S/C5H3ClFNO/c6-3-1-8-2-4(9)5(3)7/h1-2,9H. The summed E-state index contributed by atoms with van der Waals surface area (Å²) in [5, 5.41) is 8.41. The van der Waals surface area contributed by atoms with Crippen molar-refractivity contribution in [1.29, 1.82) is 0 Å². The van der Waals surface area contributed by atoms with Crippen LogP contribution in [-0.2, 0) is 0 Å². The van der Waals surface area contributed by atoms with Crippen LogP contribution in [0.1, 0.15) is 0 Å². The predicted octanol–water partition coefficient (Wildman–Crippen LogP) is 1.58. The van der Waals surface area contributed by atoms with E-state index < -0.39 is 11.6 Å². The summed E-state index contributed by atoms with van der Waals surface area (Å²) in [4.78, 5) is 3.42. The molecule has 0 unspecified atom stereocenters. The Morgan fingerprint density at radius 3 is 2.67 bits per heavy atom. The Morgan fingerprint density at radius 1 is 1.56 bits per heavy atom. The lowest BCUT2D eigenvalue weighted by atomic mass is 10.4. The first-order valence-corrected chi connectivity index (χ1v) is 2.57. The number of rotatable bonds is 0. The molecule has 0 atom stereocenters. The third-order valence-corrected chi connectivity index (χ3v) is 1.08. The second-order valence-corrected chi connectivity index (χ2v) is 1.86. The molecule has 1 aromatic heterocycles. The van der Waals surface area contributed by atoms with Gasteiger partial charge in [-0.25, -0.2) is 4.39 Å². The van der Waals surface area contributed by atoms with E-state index in [0.717, 1.165) is 12.4 Å². The highest BCUT2D eigenvalue weighted by Gasteiger charge is 2.02. The highest BCUT2D eigenvalue weighted by atomic mass is 35.5. The third-order valence-electron chi connectivity index (χ3n) is 0.819. The minimum atomic E-state index is -0.827. The molecular weight excluding hydrogens is 145 g/mol. The van der Waals surface area contributed by atoms with Crippen LogP contribution in [0, 0.1) is 5.82 Å². The Kier molecular flexibility index (Phi) is 1.53. The first kappa shape index (κ1) is 6.29. The normalized spacial score (nSPS) is 9.56. The number of aromatic nitrogens is 1. The molecule has 1 N–H and O–H groups in total. The maximum Gasteiger partial charge on any atom is 0.186 e. The number of hydrogen-bond acceptors (Lipinski definition) is 2. The summed E-state index contributed by atoms with van der Waals surface area (Å²) in [6, 6.07) is 0. The first-order chi connectivity index (χ1) is 4.22. The maximum atomic E-state index is 12.3. The van der Waals surface area contributed by atoms with Crippen molar-refractivity contribution in [2.45, 2.75) is 0 Å². The van der Waals surface area contributed by atoms with Gasteiger partial charge >= 0.3 is 0 Å². The molecule has 1 rings (SSSR count). The zero-order valence-corrected chi connectivity index (χ0v) is 5.06. The van der Waals surface area contributed by atoms with Gasteiger partial charge in [0.1, 0.15) is 0 Å². The molecule has 0 saturated heterocycles. The molecule has 0 radical (unpaired) electrons. The SMILES string of the molecule is Oc1cncc(Cl)c1F. The van der Waals surface area contributed by atoms with Crippen molar-refractivity contribution < 1.29 is 9.50 Å². The Bertz CT molecular complexity index is 208. The zero-order chi connectivity index (χ0) is 6.85. The van der Waals surface area contributed by atoms with Crippen molar-refractivity contribution >= 4 is 11.6 Å². The largest absolute Gasteiger partial charge is 0.504 e. The summed E-state index contributed by atoms with van der Waals surface area (Å²) >= 11 is 5.22. The van der Waals surface area contributed by atoms with Gasteiger partial charge in [0.05, 0.1) is 11.2 Å². The van der Waals surface area contributed by atoms with E-state index in [0.29, 0.717) is 0 Å². The van der Waals surface area contributed by atoms with E-state index in [-0.39, 0.29) is 5.02 Å². The van der Waals surface area contributed by atoms with Gasteiger partial charge < -0.3 is 5.11 Å². The van der Waals surface area contributed by atoms with Crippen molar-refractivity contribution in [2.24, 2.45) is 0 Å². The number of pyridine rings is 1. The third kappa shape index (κ3) is 1.10. The van der Waals surface area contributed by atoms with Crippen LogP contribution < -0.4 is 0 Å². The molecule has 0 aliphatic rings. The zero-order valence-electron chi connectivity index (χ0n) is 4.31. The summed E-state index contributed by atoms with van der Waals surface area (Å²) in [5.41, 5.74) is 0. The molecule has 9 heavy (non-hydrogen) atoms. The quantitative estimate of drug-likeness (QED) is 0.605. The molecular formula is C5H3ClFNO. The minimum Gasteiger partial charge on any atom is -0.504 e. The molecule has 1 aromatic rings. The fraction of sp³-hybridized carbons (Fsp3) is 0. The van der Waals surface area contributed by atoms with Gasteiger partial charge in [-0.1, -0.05) is 11.6 Å². The van der Waals surface area contributed by atoms with Crippen LogP contribution in [0.25, 0.3) is 0 Å². The van der Waals surface area contributed by atoms with Crippen molar-refractivity contribution in [3.05, 3.63) is 23.2 Å². The maximum absolute atomic E-state index is 12.3. The molecule has 0 amide bonds. The van der Waals surface area contributed by atoms with Crippen LogP contribution in [0.2, 0.25) is 5.02 Å². The van der Waals surface area contributed by atoms with Gasteiger partial charge in [-0.3, -0.25) is 4.98 Å². The van der Waals surface area contributed by atoms with E-state index in [2.05, 4.69) is 4.98 Å². The molecule has 4 heteroatoms. The second-order valence-electron chi connectivity index (χ2n) is 1.45. The summed E-state index contributed by atoms with van der Waals surface area (Å²) in [7, 11) is 0. The van der Waals surface area contributed by atoms with Crippen molar-refractivity contribution in [3.63, 3.8) is 0 Å². The molecule has 0 aliphatic heterocycles. The number of halogens is 2. The Balaban J connectivity index is 3.25. The van der Waals surface area contributed by atoms with Crippen LogP contribution in [0.15, 0.2) is 12.4 Å². The lowest BCUT2D eigenvalue weighted by Crippen LogP contribution is -1.79. The van der Waals surface area contributed by atoms with Crippen LogP contribution in [-0.4, -0.2) is 10.1 Å². The molecule has 2 nitrogen and oxygen atoms in total. The number of hydrogen-bond donors (Lipinski definition) is 1. The van der Waals surface area contributed by atoms with E-state index in [1.54, 1.807) is 0 Å². The van der Waals surface area contributed by atoms with E-state index in [9.17, 15) is 4.39 Å². The van der Waals surface area contributed by atoms with Crippen LogP contribution in [0.5, 0.6) is 5.75 Å². The Morgan fingerprint density at radius 2 is 2.22 bits per heavy atom. The Labute approximate surface area is 55.9 Å². The van der Waals surface area contributed by atoms with E-state index in [1.165, 1.54) is 0 Å². The van der Waals surface area contributed by atoms with Gasteiger partial charge in [0.15, 0.2) is 11.6 Å². The summed E-state index contributed by atoms with van der Waals surface area (Å²) in [6.07, 6.45) is 2.11. The Hall–Kier alpha value is -0.830. The molecule has 48 valence electrons. The van der Waals surface area contributed by atoms with Gasteiger partial charge in [-0.05, 0) is 0 Å². The summed E-state index contributed by atoms with van der Waals surface area (Å²) in [5.74, 6) is -1.35. The summed E-state index contributed by atoms with van der Waals surface area (Å²) < 4.78 is 12.3. The molecule has 0 saturated carbocycles. The highest BCUT2D eigenvalue weighted by Crippen LogP contribution is 2.20. The second kappa shape index (κ2) is 2.19. The van der Waals surface area contributed by atoms with Gasteiger partial charge in [0.2, 0.25) is 0 Å².